The van der Waals surface area contributed by atoms with Gasteiger partial charge in [0.1, 0.15) is 0 Å². The lowest BCUT2D eigenvalue weighted by molar-refractivity contribution is 0.298. The van der Waals surface area contributed by atoms with Gasteiger partial charge in [-0.05, 0) is 56.6 Å². The number of halogens is 1. The molecule has 0 radical (unpaired) electrons. The van der Waals surface area contributed by atoms with Gasteiger partial charge >= 0.3 is 0 Å². The lowest BCUT2D eigenvalue weighted by atomic mass is 10.0. The van der Waals surface area contributed by atoms with Gasteiger partial charge in [-0.25, -0.2) is 0 Å². The van der Waals surface area contributed by atoms with Crippen LogP contribution in [0.15, 0.2) is 24.3 Å². The number of nitrogens with zero attached hydrogens (tertiary/aromatic N) is 1. The number of rotatable bonds is 7. The van der Waals surface area contributed by atoms with Crippen molar-refractivity contribution < 1.29 is 0 Å². The molecule has 1 aromatic rings. The predicted molar refractivity (Wildman–Crippen MR) is 79.9 cm³/mol. The molecule has 1 rings (SSSR count). The number of benzene rings is 1. The van der Waals surface area contributed by atoms with Crippen LogP contribution in [0.25, 0.3) is 0 Å². The molecule has 0 saturated carbocycles. The molecule has 0 fully saturated rings. The fourth-order valence-corrected chi connectivity index (χ4v) is 2.05. The predicted octanol–water partition coefficient (Wildman–Crippen LogP) is 3.71. The van der Waals surface area contributed by atoms with E-state index in [2.05, 4.69) is 25.8 Å². The SMILES string of the molecule is CC(C)CCN(C)CCC(N)c1cccc(Cl)c1. The molecule has 3 heteroatoms. The van der Waals surface area contributed by atoms with Crippen LogP contribution < -0.4 is 5.73 Å². The molecule has 0 aromatic heterocycles. The lowest BCUT2D eigenvalue weighted by Crippen LogP contribution is -2.25. The summed E-state index contributed by atoms with van der Waals surface area (Å²) in [7, 11) is 2.16. The molecular formula is C15H25ClN2. The minimum atomic E-state index is 0.0743. The molecule has 1 unspecified atom stereocenters. The quantitative estimate of drug-likeness (QED) is 0.817. The molecule has 0 heterocycles. The summed E-state index contributed by atoms with van der Waals surface area (Å²) in [6.45, 7) is 6.68. The summed E-state index contributed by atoms with van der Waals surface area (Å²) in [6.07, 6.45) is 2.21. The third-order valence-electron chi connectivity index (χ3n) is 3.19. The Labute approximate surface area is 116 Å². The summed E-state index contributed by atoms with van der Waals surface area (Å²) >= 11 is 5.97. The third kappa shape index (κ3) is 5.85. The van der Waals surface area contributed by atoms with Crippen LogP contribution in [-0.2, 0) is 0 Å². The molecular weight excluding hydrogens is 244 g/mol. The van der Waals surface area contributed by atoms with Crippen molar-refractivity contribution in [2.45, 2.75) is 32.7 Å². The Hall–Kier alpha value is -0.570. The van der Waals surface area contributed by atoms with E-state index < -0.39 is 0 Å². The fraction of sp³-hybridized carbons (Fsp3) is 0.600. The van der Waals surface area contributed by atoms with Gasteiger partial charge < -0.3 is 10.6 Å². The summed E-state index contributed by atoms with van der Waals surface area (Å²) in [5.41, 5.74) is 7.31. The van der Waals surface area contributed by atoms with Crippen molar-refractivity contribution in [3.05, 3.63) is 34.9 Å². The van der Waals surface area contributed by atoms with Gasteiger partial charge in [-0.2, -0.15) is 0 Å². The number of nitrogens with two attached hydrogens (primary N) is 1. The van der Waals surface area contributed by atoms with Gasteiger partial charge in [0.15, 0.2) is 0 Å². The van der Waals surface area contributed by atoms with Gasteiger partial charge in [0, 0.05) is 11.1 Å². The monoisotopic (exact) mass is 268 g/mol. The van der Waals surface area contributed by atoms with E-state index in [1.807, 2.05) is 24.3 Å². The second-order valence-corrected chi connectivity index (χ2v) is 5.87. The Morgan fingerprint density at radius 1 is 1.22 bits per heavy atom. The van der Waals surface area contributed by atoms with Crippen LogP contribution in [0.5, 0.6) is 0 Å². The summed E-state index contributed by atoms with van der Waals surface area (Å²) in [4.78, 5) is 2.35. The highest BCUT2D eigenvalue weighted by Gasteiger charge is 2.08. The smallest absolute Gasteiger partial charge is 0.0409 e. The molecule has 0 saturated heterocycles. The Morgan fingerprint density at radius 2 is 1.89 bits per heavy atom. The summed E-state index contributed by atoms with van der Waals surface area (Å²) < 4.78 is 0. The van der Waals surface area contributed by atoms with E-state index in [-0.39, 0.29) is 6.04 Å². The first-order chi connectivity index (χ1) is 8.49. The van der Waals surface area contributed by atoms with Crippen molar-refractivity contribution in [2.24, 2.45) is 11.7 Å². The van der Waals surface area contributed by atoms with Gasteiger partial charge in [-0.15, -0.1) is 0 Å². The highest BCUT2D eigenvalue weighted by atomic mass is 35.5. The zero-order chi connectivity index (χ0) is 13.5. The Balaban J connectivity index is 2.34. The van der Waals surface area contributed by atoms with E-state index in [1.165, 1.54) is 6.42 Å². The largest absolute Gasteiger partial charge is 0.324 e. The van der Waals surface area contributed by atoms with Gasteiger partial charge in [0.2, 0.25) is 0 Å². The normalized spacial score (nSPS) is 13.3. The summed E-state index contributed by atoms with van der Waals surface area (Å²) in [6, 6.07) is 7.92. The highest BCUT2D eigenvalue weighted by Crippen LogP contribution is 2.18. The maximum Gasteiger partial charge on any atom is 0.0409 e. The van der Waals surface area contributed by atoms with Crippen LogP contribution in [0.2, 0.25) is 5.02 Å². The van der Waals surface area contributed by atoms with Crippen molar-refractivity contribution in [1.82, 2.24) is 4.90 Å². The molecule has 2 N–H and O–H groups in total. The van der Waals surface area contributed by atoms with E-state index in [1.54, 1.807) is 0 Å². The van der Waals surface area contributed by atoms with Crippen LogP contribution in [0.1, 0.15) is 38.3 Å². The molecule has 0 aliphatic heterocycles. The third-order valence-corrected chi connectivity index (χ3v) is 3.42. The number of hydrogen-bond donors (Lipinski definition) is 1. The van der Waals surface area contributed by atoms with E-state index in [4.69, 9.17) is 17.3 Å². The van der Waals surface area contributed by atoms with Crippen molar-refractivity contribution >= 4 is 11.6 Å². The molecule has 0 spiro atoms. The summed E-state index contributed by atoms with van der Waals surface area (Å²) in [5.74, 6) is 0.758. The van der Waals surface area contributed by atoms with Gasteiger partial charge in [0.05, 0.1) is 0 Å². The van der Waals surface area contributed by atoms with E-state index >= 15 is 0 Å². The van der Waals surface area contributed by atoms with Gasteiger partial charge in [-0.1, -0.05) is 37.6 Å². The molecule has 102 valence electrons. The molecule has 1 atom stereocenters. The summed E-state index contributed by atoms with van der Waals surface area (Å²) in [5, 5.41) is 0.760. The Bertz CT molecular complexity index is 352. The fourth-order valence-electron chi connectivity index (χ4n) is 1.85. The first-order valence-electron chi connectivity index (χ1n) is 6.68. The van der Waals surface area contributed by atoms with E-state index in [9.17, 15) is 0 Å². The van der Waals surface area contributed by atoms with Crippen LogP contribution in [0, 0.1) is 5.92 Å². The zero-order valence-corrected chi connectivity index (χ0v) is 12.5. The van der Waals surface area contributed by atoms with Crippen molar-refractivity contribution in [1.29, 1.82) is 0 Å². The molecule has 2 nitrogen and oxygen atoms in total. The second kappa shape index (κ2) is 7.78. The molecule has 1 aromatic carbocycles. The van der Waals surface area contributed by atoms with Crippen LogP contribution in [0.4, 0.5) is 0 Å². The van der Waals surface area contributed by atoms with Crippen LogP contribution in [0.3, 0.4) is 0 Å². The topological polar surface area (TPSA) is 29.3 Å². The lowest BCUT2D eigenvalue weighted by Gasteiger charge is -2.20. The molecule has 0 amide bonds. The maximum atomic E-state index is 6.18. The molecule has 0 aliphatic rings. The van der Waals surface area contributed by atoms with Crippen molar-refractivity contribution in [2.75, 3.05) is 20.1 Å². The number of hydrogen-bond acceptors (Lipinski definition) is 2. The van der Waals surface area contributed by atoms with Crippen LogP contribution in [-0.4, -0.2) is 25.0 Å². The Morgan fingerprint density at radius 3 is 2.50 bits per heavy atom. The first kappa shape index (κ1) is 15.5. The standard InChI is InChI=1S/C15H25ClN2/c1-12(2)7-9-18(3)10-8-15(17)13-5-4-6-14(16)11-13/h4-6,11-12,15H,7-10,17H2,1-3H3. The average Bonchev–Trinajstić information content (AvgIpc) is 2.33. The van der Waals surface area contributed by atoms with E-state index in [0.717, 1.165) is 36.0 Å². The Kier molecular flexibility index (Phi) is 6.69. The van der Waals surface area contributed by atoms with E-state index in [0.29, 0.717) is 0 Å². The van der Waals surface area contributed by atoms with Crippen LogP contribution >= 0.6 is 11.6 Å². The average molecular weight is 269 g/mol. The van der Waals surface area contributed by atoms with Gasteiger partial charge in [-0.3, -0.25) is 0 Å². The highest BCUT2D eigenvalue weighted by molar-refractivity contribution is 6.30. The molecule has 0 aliphatic carbocycles. The van der Waals surface area contributed by atoms with Crippen molar-refractivity contribution in [3.63, 3.8) is 0 Å². The molecule has 0 bridgehead atoms. The van der Waals surface area contributed by atoms with Gasteiger partial charge in [0.25, 0.3) is 0 Å². The molecule has 18 heavy (non-hydrogen) atoms. The maximum absolute atomic E-state index is 6.18. The first-order valence-corrected chi connectivity index (χ1v) is 7.06. The minimum absolute atomic E-state index is 0.0743. The second-order valence-electron chi connectivity index (χ2n) is 5.44. The zero-order valence-electron chi connectivity index (χ0n) is 11.7. The minimum Gasteiger partial charge on any atom is -0.324 e. The van der Waals surface area contributed by atoms with Crippen molar-refractivity contribution in [3.8, 4) is 0 Å².